The highest BCUT2D eigenvalue weighted by Crippen LogP contribution is 2.45. The van der Waals surface area contributed by atoms with Gasteiger partial charge in [-0.1, -0.05) is 54.6 Å². The van der Waals surface area contributed by atoms with E-state index in [4.69, 9.17) is 4.74 Å². The van der Waals surface area contributed by atoms with Crippen molar-refractivity contribution in [3.8, 4) is 0 Å². The van der Waals surface area contributed by atoms with Gasteiger partial charge in [0.25, 0.3) is 0 Å². The summed E-state index contributed by atoms with van der Waals surface area (Å²) in [5.74, 6) is 0. The van der Waals surface area contributed by atoms with Crippen molar-refractivity contribution in [3.05, 3.63) is 102 Å². The Labute approximate surface area is 227 Å². The van der Waals surface area contributed by atoms with Crippen molar-refractivity contribution in [1.82, 2.24) is 0 Å². The highest BCUT2D eigenvalue weighted by molar-refractivity contribution is 5.97. The van der Waals surface area contributed by atoms with Gasteiger partial charge in [-0.2, -0.15) is 0 Å². The largest absolute Gasteiger partial charge is 0.377 e. The molecule has 6 rings (SSSR count). The van der Waals surface area contributed by atoms with E-state index in [2.05, 4.69) is 114 Å². The standard InChI is InChI=1S/C34H39N3O/c1-35(2)33-21-20-32(30-10-4-5-11-31(30)33)34(38-3,26-12-16-28(17-13-26)36-22-6-7-23-36)27-14-18-29(19-15-27)37-24-8-9-25-37/h4-5,10-21H,6-9,22-25H2,1-3H3. The molecule has 0 amide bonds. The van der Waals surface area contributed by atoms with Crippen molar-refractivity contribution in [2.45, 2.75) is 31.3 Å². The van der Waals surface area contributed by atoms with Crippen LogP contribution in [0.15, 0.2) is 84.9 Å². The minimum Gasteiger partial charge on any atom is -0.377 e. The summed E-state index contributed by atoms with van der Waals surface area (Å²) >= 11 is 0. The van der Waals surface area contributed by atoms with Crippen LogP contribution in [0.2, 0.25) is 0 Å². The Hall–Kier alpha value is -3.50. The van der Waals surface area contributed by atoms with E-state index in [1.807, 2.05) is 7.11 Å². The molecule has 0 atom stereocenters. The number of anilines is 3. The smallest absolute Gasteiger partial charge is 0.143 e. The summed E-state index contributed by atoms with van der Waals surface area (Å²) in [6, 6.07) is 31.5. The normalized spacial score (nSPS) is 16.0. The third-order valence-electron chi connectivity index (χ3n) is 8.56. The third kappa shape index (κ3) is 4.21. The van der Waals surface area contributed by atoms with E-state index >= 15 is 0 Å². The maximum atomic E-state index is 6.69. The molecule has 4 nitrogen and oxygen atoms in total. The lowest BCUT2D eigenvalue weighted by atomic mass is 9.77. The van der Waals surface area contributed by atoms with Gasteiger partial charge in [-0.15, -0.1) is 0 Å². The summed E-state index contributed by atoms with van der Waals surface area (Å²) in [6.45, 7) is 4.57. The van der Waals surface area contributed by atoms with Gasteiger partial charge in [-0.05, 0) is 72.5 Å². The van der Waals surface area contributed by atoms with Gasteiger partial charge < -0.3 is 19.4 Å². The van der Waals surface area contributed by atoms with Gasteiger partial charge in [-0.3, -0.25) is 0 Å². The lowest BCUT2D eigenvalue weighted by Crippen LogP contribution is -2.32. The van der Waals surface area contributed by atoms with Crippen LogP contribution in [0, 0.1) is 0 Å². The molecule has 4 aromatic rings. The fourth-order valence-electron chi connectivity index (χ4n) is 6.57. The predicted molar refractivity (Wildman–Crippen MR) is 161 cm³/mol. The zero-order valence-electron chi connectivity index (χ0n) is 23.0. The fourth-order valence-corrected chi connectivity index (χ4v) is 6.57. The first-order chi connectivity index (χ1) is 18.6. The Morgan fingerprint density at radius 2 is 1.08 bits per heavy atom. The molecule has 0 aliphatic carbocycles. The van der Waals surface area contributed by atoms with Gasteiger partial charge in [0.1, 0.15) is 5.60 Å². The van der Waals surface area contributed by atoms with Crippen LogP contribution in [0.4, 0.5) is 17.1 Å². The lowest BCUT2D eigenvalue weighted by molar-refractivity contribution is 0.0598. The fraction of sp³-hybridized carbons (Fsp3) is 0.353. The molecule has 0 unspecified atom stereocenters. The van der Waals surface area contributed by atoms with E-state index in [1.165, 1.54) is 59.1 Å². The Morgan fingerprint density at radius 3 is 1.53 bits per heavy atom. The quantitative estimate of drug-likeness (QED) is 0.251. The van der Waals surface area contributed by atoms with E-state index < -0.39 is 5.60 Å². The molecule has 0 aromatic heterocycles. The van der Waals surface area contributed by atoms with Gasteiger partial charge >= 0.3 is 0 Å². The van der Waals surface area contributed by atoms with Crippen molar-refractivity contribution >= 4 is 27.8 Å². The number of fused-ring (bicyclic) bond motifs is 1. The summed E-state index contributed by atoms with van der Waals surface area (Å²) in [5.41, 5.74) is 6.55. The van der Waals surface area contributed by atoms with E-state index in [0.717, 1.165) is 37.3 Å². The summed E-state index contributed by atoms with van der Waals surface area (Å²) < 4.78 is 6.69. The first-order valence-electron chi connectivity index (χ1n) is 14.1. The van der Waals surface area contributed by atoms with Gasteiger partial charge in [0.05, 0.1) is 0 Å². The molecule has 38 heavy (non-hydrogen) atoms. The molecule has 196 valence electrons. The van der Waals surface area contributed by atoms with Gasteiger partial charge in [-0.25, -0.2) is 0 Å². The van der Waals surface area contributed by atoms with Crippen molar-refractivity contribution in [1.29, 1.82) is 0 Å². The average Bonchev–Trinajstić information content (AvgIpc) is 3.70. The van der Waals surface area contributed by atoms with Crippen LogP contribution in [0.5, 0.6) is 0 Å². The molecule has 2 aliphatic rings. The molecule has 4 heteroatoms. The van der Waals surface area contributed by atoms with Crippen LogP contribution >= 0.6 is 0 Å². The van der Waals surface area contributed by atoms with Crippen LogP contribution in [0.1, 0.15) is 42.4 Å². The third-order valence-corrected chi connectivity index (χ3v) is 8.56. The molecule has 2 heterocycles. The first kappa shape index (κ1) is 24.8. The Kier molecular flexibility index (Phi) is 6.75. The van der Waals surface area contributed by atoms with Gasteiger partial charge in [0.15, 0.2) is 0 Å². The zero-order chi connectivity index (χ0) is 26.1. The molecular formula is C34H39N3O. The van der Waals surface area contributed by atoms with E-state index in [9.17, 15) is 0 Å². The second-order valence-corrected chi connectivity index (χ2v) is 10.9. The monoisotopic (exact) mass is 505 g/mol. The van der Waals surface area contributed by atoms with Crippen LogP contribution < -0.4 is 14.7 Å². The Balaban J connectivity index is 1.54. The van der Waals surface area contributed by atoms with Crippen molar-refractivity contribution in [2.75, 3.05) is 62.1 Å². The highest BCUT2D eigenvalue weighted by Gasteiger charge is 2.38. The molecule has 0 saturated carbocycles. The number of benzene rings is 4. The number of nitrogens with zero attached hydrogens (tertiary/aromatic N) is 3. The topological polar surface area (TPSA) is 19.0 Å². The van der Waals surface area contributed by atoms with Crippen LogP contribution in [0.3, 0.4) is 0 Å². The van der Waals surface area contributed by atoms with Crippen LogP contribution in [-0.2, 0) is 10.3 Å². The molecule has 0 spiro atoms. The molecule has 0 bridgehead atoms. The number of rotatable bonds is 7. The Bertz CT molecular complexity index is 1320. The maximum absolute atomic E-state index is 6.69. The molecule has 2 saturated heterocycles. The number of methoxy groups -OCH3 is 1. The molecule has 0 N–H and O–H groups in total. The minimum atomic E-state index is -0.739. The summed E-state index contributed by atoms with van der Waals surface area (Å²) in [6.07, 6.45) is 5.10. The maximum Gasteiger partial charge on any atom is 0.143 e. The zero-order valence-corrected chi connectivity index (χ0v) is 23.0. The summed E-state index contributed by atoms with van der Waals surface area (Å²) in [7, 11) is 6.08. The molecule has 0 radical (unpaired) electrons. The molecule has 2 aliphatic heterocycles. The number of hydrogen-bond donors (Lipinski definition) is 0. The molecule has 2 fully saturated rings. The summed E-state index contributed by atoms with van der Waals surface area (Å²) in [4.78, 5) is 7.17. The van der Waals surface area contributed by atoms with Crippen LogP contribution in [0.25, 0.3) is 10.8 Å². The van der Waals surface area contributed by atoms with E-state index in [1.54, 1.807) is 0 Å². The summed E-state index contributed by atoms with van der Waals surface area (Å²) in [5, 5.41) is 2.45. The van der Waals surface area contributed by atoms with E-state index in [-0.39, 0.29) is 0 Å². The van der Waals surface area contributed by atoms with Crippen molar-refractivity contribution in [2.24, 2.45) is 0 Å². The second-order valence-electron chi connectivity index (χ2n) is 10.9. The highest BCUT2D eigenvalue weighted by atomic mass is 16.5. The van der Waals surface area contributed by atoms with Crippen LogP contribution in [-0.4, -0.2) is 47.4 Å². The van der Waals surface area contributed by atoms with Gasteiger partial charge in [0.2, 0.25) is 0 Å². The first-order valence-corrected chi connectivity index (χ1v) is 14.1. The number of hydrogen-bond acceptors (Lipinski definition) is 4. The van der Waals surface area contributed by atoms with Crippen molar-refractivity contribution < 1.29 is 4.74 Å². The van der Waals surface area contributed by atoms with Crippen molar-refractivity contribution in [3.63, 3.8) is 0 Å². The number of ether oxygens (including phenoxy) is 1. The molecule has 4 aromatic carbocycles. The lowest BCUT2D eigenvalue weighted by Gasteiger charge is -2.36. The van der Waals surface area contributed by atoms with E-state index in [0.29, 0.717) is 0 Å². The molecular weight excluding hydrogens is 466 g/mol. The van der Waals surface area contributed by atoms with Gasteiger partial charge in [0, 0.05) is 75.4 Å². The minimum absolute atomic E-state index is 0.739. The average molecular weight is 506 g/mol. The predicted octanol–water partition coefficient (Wildman–Crippen LogP) is 7.04. The Morgan fingerprint density at radius 1 is 0.605 bits per heavy atom. The second kappa shape index (κ2) is 10.3. The SMILES string of the molecule is COC(c1ccc(N2CCCC2)cc1)(c1ccc(N2CCCC2)cc1)c1ccc(N(C)C)c2ccccc12.